The quantitative estimate of drug-likeness (QED) is 0.665. The summed E-state index contributed by atoms with van der Waals surface area (Å²) in [5.41, 5.74) is 6.60. The summed E-state index contributed by atoms with van der Waals surface area (Å²) in [7, 11) is 0. The Morgan fingerprint density at radius 1 is 1.04 bits per heavy atom. The zero-order valence-electron chi connectivity index (χ0n) is 14.1. The fourth-order valence-electron chi connectivity index (χ4n) is 1.79. The first kappa shape index (κ1) is 21.4. The van der Waals surface area contributed by atoms with Gasteiger partial charge in [-0.15, -0.1) is 12.4 Å². The molecule has 0 fully saturated rings. The molecule has 2 amide bonds. The Morgan fingerprint density at radius 3 is 2.17 bits per heavy atom. The Hall–Kier alpha value is -1.59. The van der Waals surface area contributed by atoms with E-state index >= 15 is 0 Å². The van der Waals surface area contributed by atoms with Crippen molar-refractivity contribution in [2.24, 2.45) is 11.1 Å². The van der Waals surface area contributed by atoms with Gasteiger partial charge in [-0.2, -0.15) is 0 Å². The number of carbonyl (C=O) groups is 2. The third kappa shape index (κ3) is 8.00. The molecule has 23 heavy (non-hydrogen) atoms. The minimum Gasteiger partial charge on any atom is -0.352 e. The van der Waals surface area contributed by atoms with Gasteiger partial charge in [0.15, 0.2) is 0 Å². The number of benzene rings is 1. The highest BCUT2D eigenvalue weighted by atomic mass is 35.5. The standard InChI is InChI=1S/C17H27N3O2.ClH/c1-17(2,3)16(22)20-12-13-6-8-14(9-7-13)15(21)19-11-5-4-10-18;/h6-9H,4-5,10-12,18H2,1-3H3,(H,19,21)(H,20,22);1H. The van der Waals surface area contributed by atoms with Crippen LogP contribution in [0, 0.1) is 5.41 Å². The van der Waals surface area contributed by atoms with E-state index in [4.69, 9.17) is 5.73 Å². The van der Waals surface area contributed by atoms with Crippen LogP contribution in [0.15, 0.2) is 24.3 Å². The number of amides is 2. The third-order valence-electron chi connectivity index (χ3n) is 3.27. The summed E-state index contributed by atoms with van der Waals surface area (Å²) in [6.45, 7) is 7.38. The monoisotopic (exact) mass is 341 g/mol. The number of carbonyl (C=O) groups excluding carboxylic acids is 2. The van der Waals surface area contributed by atoms with Gasteiger partial charge in [-0.25, -0.2) is 0 Å². The molecular formula is C17H28ClN3O2. The summed E-state index contributed by atoms with van der Waals surface area (Å²) < 4.78 is 0. The fourth-order valence-corrected chi connectivity index (χ4v) is 1.79. The summed E-state index contributed by atoms with van der Waals surface area (Å²) in [5, 5.41) is 5.74. The van der Waals surface area contributed by atoms with Crippen molar-refractivity contribution >= 4 is 24.2 Å². The second-order valence-electron chi connectivity index (χ2n) is 6.38. The third-order valence-corrected chi connectivity index (χ3v) is 3.27. The van der Waals surface area contributed by atoms with Crippen LogP contribution in [0.5, 0.6) is 0 Å². The van der Waals surface area contributed by atoms with Crippen molar-refractivity contribution in [2.75, 3.05) is 13.1 Å². The molecular weight excluding hydrogens is 314 g/mol. The molecule has 0 bridgehead atoms. The molecule has 0 radical (unpaired) electrons. The van der Waals surface area contributed by atoms with E-state index in [-0.39, 0.29) is 24.2 Å². The Kier molecular flexibility index (Phi) is 9.53. The van der Waals surface area contributed by atoms with Crippen LogP contribution in [0.25, 0.3) is 0 Å². The van der Waals surface area contributed by atoms with Crippen molar-refractivity contribution in [3.8, 4) is 0 Å². The molecule has 0 saturated heterocycles. The number of unbranched alkanes of at least 4 members (excludes halogenated alkanes) is 1. The van der Waals surface area contributed by atoms with Gasteiger partial charge in [0.2, 0.25) is 5.91 Å². The summed E-state index contributed by atoms with van der Waals surface area (Å²) in [6, 6.07) is 7.27. The van der Waals surface area contributed by atoms with Gasteiger partial charge in [0.25, 0.3) is 5.91 Å². The van der Waals surface area contributed by atoms with Gasteiger partial charge >= 0.3 is 0 Å². The van der Waals surface area contributed by atoms with Crippen LogP contribution >= 0.6 is 12.4 Å². The number of hydrogen-bond donors (Lipinski definition) is 3. The molecule has 1 rings (SSSR count). The minimum atomic E-state index is -0.399. The number of hydrogen-bond acceptors (Lipinski definition) is 3. The SMILES string of the molecule is CC(C)(C)C(=O)NCc1ccc(C(=O)NCCCCN)cc1.Cl. The van der Waals surface area contributed by atoms with Gasteiger partial charge in [0, 0.05) is 24.1 Å². The highest BCUT2D eigenvalue weighted by Crippen LogP contribution is 2.13. The molecule has 1 aromatic rings. The summed E-state index contributed by atoms with van der Waals surface area (Å²) in [5.74, 6) is -0.0727. The molecule has 0 aromatic heterocycles. The second kappa shape index (κ2) is 10.2. The number of nitrogens with two attached hydrogens (primary N) is 1. The van der Waals surface area contributed by atoms with Crippen molar-refractivity contribution in [3.63, 3.8) is 0 Å². The molecule has 0 aliphatic carbocycles. The van der Waals surface area contributed by atoms with Gasteiger partial charge in [-0.05, 0) is 37.1 Å². The van der Waals surface area contributed by atoms with Crippen LogP contribution in [-0.4, -0.2) is 24.9 Å². The Bertz CT molecular complexity index is 496. The van der Waals surface area contributed by atoms with Gasteiger partial charge in [0.05, 0.1) is 0 Å². The lowest BCUT2D eigenvalue weighted by molar-refractivity contribution is -0.128. The van der Waals surface area contributed by atoms with Crippen molar-refractivity contribution < 1.29 is 9.59 Å². The van der Waals surface area contributed by atoms with E-state index in [1.54, 1.807) is 12.1 Å². The van der Waals surface area contributed by atoms with E-state index in [1.165, 1.54) is 0 Å². The number of rotatable bonds is 7. The van der Waals surface area contributed by atoms with E-state index in [1.807, 2.05) is 32.9 Å². The van der Waals surface area contributed by atoms with Crippen molar-refractivity contribution in [3.05, 3.63) is 35.4 Å². The molecule has 4 N–H and O–H groups in total. The molecule has 130 valence electrons. The van der Waals surface area contributed by atoms with Gasteiger partial charge < -0.3 is 16.4 Å². The fraction of sp³-hybridized carbons (Fsp3) is 0.529. The highest BCUT2D eigenvalue weighted by Gasteiger charge is 2.20. The highest BCUT2D eigenvalue weighted by molar-refractivity contribution is 5.94. The largest absolute Gasteiger partial charge is 0.352 e. The van der Waals surface area contributed by atoms with E-state index in [0.29, 0.717) is 25.2 Å². The van der Waals surface area contributed by atoms with Crippen molar-refractivity contribution in [1.29, 1.82) is 0 Å². The molecule has 0 saturated carbocycles. The minimum absolute atomic E-state index is 0. The predicted molar refractivity (Wildman–Crippen MR) is 95.6 cm³/mol. The van der Waals surface area contributed by atoms with Crippen LogP contribution in [0.4, 0.5) is 0 Å². The maximum atomic E-state index is 11.9. The van der Waals surface area contributed by atoms with E-state index in [0.717, 1.165) is 18.4 Å². The zero-order chi connectivity index (χ0) is 16.6. The van der Waals surface area contributed by atoms with E-state index < -0.39 is 5.41 Å². The van der Waals surface area contributed by atoms with Crippen molar-refractivity contribution in [1.82, 2.24) is 10.6 Å². The molecule has 0 aliphatic heterocycles. The van der Waals surface area contributed by atoms with E-state index in [9.17, 15) is 9.59 Å². The maximum absolute atomic E-state index is 11.9. The molecule has 0 aliphatic rings. The zero-order valence-corrected chi connectivity index (χ0v) is 15.0. The summed E-state index contributed by atoms with van der Waals surface area (Å²) in [6.07, 6.45) is 1.80. The molecule has 0 atom stereocenters. The Morgan fingerprint density at radius 2 is 1.65 bits per heavy atom. The Labute approximate surface area is 144 Å². The van der Waals surface area contributed by atoms with Crippen LogP contribution in [-0.2, 0) is 11.3 Å². The lowest BCUT2D eigenvalue weighted by atomic mass is 9.95. The average Bonchev–Trinajstić information content (AvgIpc) is 2.48. The first-order valence-electron chi connectivity index (χ1n) is 7.70. The number of halogens is 1. The average molecular weight is 342 g/mol. The van der Waals surface area contributed by atoms with Crippen LogP contribution in [0.3, 0.4) is 0 Å². The van der Waals surface area contributed by atoms with Gasteiger partial charge in [0.1, 0.15) is 0 Å². The van der Waals surface area contributed by atoms with Gasteiger partial charge in [-0.1, -0.05) is 32.9 Å². The van der Waals surface area contributed by atoms with Gasteiger partial charge in [-0.3, -0.25) is 9.59 Å². The normalized spacial score (nSPS) is 10.6. The topological polar surface area (TPSA) is 84.2 Å². The molecule has 0 unspecified atom stereocenters. The first-order chi connectivity index (χ1) is 10.3. The Balaban J connectivity index is 0.00000484. The molecule has 0 spiro atoms. The maximum Gasteiger partial charge on any atom is 0.251 e. The molecule has 0 heterocycles. The second-order valence-corrected chi connectivity index (χ2v) is 6.38. The molecule has 5 nitrogen and oxygen atoms in total. The molecule has 1 aromatic carbocycles. The van der Waals surface area contributed by atoms with Crippen LogP contribution in [0.2, 0.25) is 0 Å². The van der Waals surface area contributed by atoms with Crippen LogP contribution in [0.1, 0.15) is 49.5 Å². The lowest BCUT2D eigenvalue weighted by Crippen LogP contribution is -2.34. The summed E-state index contributed by atoms with van der Waals surface area (Å²) >= 11 is 0. The predicted octanol–water partition coefficient (Wildman–Crippen LogP) is 2.24. The van der Waals surface area contributed by atoms with Crippen LogP contribution < -0.4 is 16.4 Å². The number of nitrogens with one attached hydrogen (secondary N) is 2. The first-order valence-corrected chi connectivity index (χ1v) is 7.70. The van der Waals surface area contributed by atoms with E-state index in [2.05, 4.69) is 10.6 Å². The molecule has 6 heteroatoms. The lowest BCUT2D eigenvalue weighted by Gasteiger charge is -2.17. The summed E-state index contributed by atoms with van der Waals surface area (Å²) in [4.78, 5) is 23.7. The van der Waals surface area contributed by atoms with Crippen molar-refractivity contribution in [2.45, 2.75) is 40.2 Å². The smallest absolute Gasteiger partial charge is 0.251 e.